The monoisotopic (exact) mass is 560 g/mol. The van der Waals surface area contributed by atoms with Gasteiger partial charge in [0, 0.05) is 48.6 Å². The van der Waals surface area contributed by atoms with Crippen LogP contribution in [0.3, 0.4) is 0 Å². The third-order valence-electron chi connectivity index (χ3n) is 7.37. The van der Waals surface area contributed by atoms with E-state index in [9.17, 15) is 14.0 Å². The van der Waals surface area contributed by atoms with Crippen molar-refractivity contribution in [1.29, 1.82) is 0 Å². The summed E-state index contributed by atoms with van der Waals surface area (Å²) in [7, 11) is 1.50. The maximum atomic E-state index is 13.7. The van der Waals surface area contributed by atoms with E-state index in [2.05, 4.69) is 35.9 Å². The van der Waals surface area contributed by atoms with Crippen LogP contribution < -0.4 is 10.6 Å². The Morgan fingerprint density at radius 1 is 1.10 bits per heavy atom. The van der Waals surface area contributed by atoms with Gasteiger partial charge in [0.15, 0.2) is 17.5 Å². The van der Waals surface area contributed by atoms with Gasteiger partial charge < -0.3 is 10.6 Å². The number of hydrogen-bond acceptors (Lipinski definition) is 8. The molecule has 214 valence electrons. The number of aryl methyl sites for hydroxylation is 2. The second-order valence-corrected chi connectivity index (χ2v) is 10.4. The van der Waals surface area contributed by atoms with Crippen LogP contribution in [0, 0.1) is 25.6 Å². The van der Waals surface area contributed by atoms with Gasteiger partial charge in [0.25, 0.3) is 0 Å². The van der Waals surface area contributed by atoms with E-state index in [1.165, 1.54) is 22.8 Å². The van der Waals surface area contributed by atoms with E-state index in [1.54, 1.807) is 25.3 Å². The summed E-state index contributed by atoms with van der Waals surface area (Å²) in [6, 6.07) is 6.18. The molecule has 0 unspecified atom stereocenters. The molecule has 1 aliphatic carbocycles. The van der Waals surface area contributed by atoms with Crippen LogP contribution >= 0.6 is 0 Å². The molecule has 3 amide bonds. The van der Waals surface area contributed by atoms with Crippen LogP contribution in [0.15, 0.2) is 42.9 Å². The molecule has 41 heavy (non-hydrogen) atoms. The number of anilines is 2. The lowest BCUT2D eigenvalue weighted by Crippen LogP contribution is -2.47. The van der Waals surface area contributed by atoms with Crippen LogP contribution in [0.2, 0.25) is 0 Å². The summed E-state index contributed by atoms with van der Waals surface area (Å²) in [5, 5.41) is 16.9. The zero-order chi connectivity index (χ0) is 29.1. The van der Waals surface area contributed by atoms with Crippen molar-refractivity contribution in [2.24, 2.45) is 5.92 Å². The molecule has 1 fully saturated rings. The molecule has 1 saturated carbocycles. The minimum atomic E-state index is -0.560. The van der Waals surface area contributed by atoms with Gasteiger partial charge in [-0.1, -0.05) is 6.07 Å². The van der Waals surface area contributed by atoms with Gasteiger partial charge in [0.2, 0.25) is 5.91 Å². The average Bonchev–Trinajstić information content (AvgIpc) is 3.60. The van der Waals surface area contributed by atoms with Crippen molar-refractivity contribution in [1.82, 2.24) is 45.1 Å². The molecule has 0 radical (unpaired) electrons. The molecule has 5 rings (SSSR count). The number of amides is 3. The van der Waals surface area contributed by atoms with E-state index in [0.29, 0.717) is 35.9 Å². The molecule has 4 heterocycles. The number of hydrogen-bond donors (Lipinski definition) is 3. The molecule has 4 aromatic heterocycles. The molecular weight excluding hydrogens is 527 g/mol. The number of nitrogens with zero attached hydrogens (tertiary/aromatic N) is 7. The first kappa shape index (κ1) is 27.9. The molecule has 0 bridgehead atoms. The van der Waals surface area contributed by atoms with Crippen LogP contribution in [0.5, 0.6) is 0 Å². The Morgan fingerprint density at radius 2 is 1.88 bits per heavy atom. The normalized spacial score (nSPS) is 17.6. The maximum absolute atomic E-state index is 13.7. The van der Waals surface area contributed by atoms with Gasteiger partial charge in [-0.15, -0.1) is 0 Å². The van der Waals surface area contributed by atoms with E-state index < -0.39 is 17.9 Å². The number of aromatic nitrogens is 7. The van der Waals surface area contributed by atoms with Gasteiger partial charge in [-0.2, -0.15) is 10.2 Å². The summed E-state index contributed by atoms with van der Waals surface area (Å²) >= 11 is 0. The molecule has 1 atom stereocenters. The Bertz CT molecular complexity index is 1520. The first-order valence-corrected chi connectivity index (χ1v) is 13.6. The Hall–Kier alpha value is -4.68. The number of aromatic amines is 1. The lowest BCUT2D eigenvalue weighted by atomic mass is 9.80. The average molecular weight is 561 g/mol. The van der Waals surface area contributed by atoms with Crippen LogP contribution in [0.1, 0.15) is 67.3 Å². The highest BCUT2D eigenvalue weighted by atomic mass is 19.1. The van der Waals surface area contributed by atoms with Crippen molar-refractivity contribution in [2.45, 2.75) is 58.4 Å². The van der Waals surface area contributed by atoms with Crippen molar-refractivity contribution < 1.29 is 14.0 Å². The fraction of sp³-hybridized carbons (Fsp3) is 0.393. The quantitative estimate of drug-likeness (QED) is 0.300. The van der Waals surface area contributed by atoms with Gasteiger partial charge in [0.05, 0.1) is 18.4 Å². The van der Waals surface area contributed by atoms with Crippen LogP contribution in [0.25, 0.3) is 5.82 Å². The topological polar surface area (TPSA) is 147 Å². The Kier molecular flexibility index (Phi) is 8.04. The molecule has 13 heteroatoms. The number of rotatable bonds is 7. The second kappa shape index (κ2) is 11.8. The smallest absolute Gasteiger partial charge is 0.324 e. The van der Waals surface area contributed by atoms with E-state index in [1.807, 2.05) is 26.0 Å². The summed E-state index contributed by atoms with van der Waals surface area (Å²) in [5.41, 5.74) is 2.47. The summed E-state index contributed by atoms with van der Waals surface area (Å²) in [5.74, 6) is 1.64. The van der Waals surface area contributed by atoms with Gasteiger partial charge in [-0.05, 0) is 58.1 Å². The maximum Gasteiger partial charge on any atom is 0.324 e. The third kappa shape index (κ3) is 6.23. The third-order valence-corrected chi connectivity index (χ3v) is 7.37. The highest BCUT2D eigenvalue weighted by Crippen LogP contribution is 2.37. The van der Waals surface area contributed by atoms with Gasteiger partial charge >= 0.3 is 6.03 Å². The molecule has 1 aliphatic rings. The molecule has 0 aromatic carbocycles. The van der Waals surface area contributed by atoms with Crippen molar-refractivity contribution in [2.75, 3.05) is 12.4 Å². The Labute approximate surface area is 236 Å². The summed E-state index contributed by atoms with van der Waals surface area (Å²) in [4.78, 5) is 41.6. The fourth-order valence-corrected chi connectivity index (χ4v) is 5.19. The van der Waals surface area contributed by atoms with E-state index in [4.69, 9.17) is 4.98 Å². The van der Waals surface area contributed by atoms with Gasteiger partial charge in [0.1, 0.15) is 11.6 Å². The van der Waals surface area contributed by atoms with Crippen molar-refractivity contribution in [3.63, 3.8) is 0 Å². The highest BCUT2D eigenvalue weighted by molar-refractivity contribution is 5.96. The van der Waals surface area contributed by atoms with E-state index in [0.717, 1.165) is 36.3 Å². The van der Waals surface area contributed by atoms with Crippen molar-refractivity contribution in [3.05, 3.63) is 71.4 Å². The fourth-order valence-electron chi connectivity index (χ4n) is 5.19. The highest BCUT2D eigenvalue weighted by Gasteiger charge is 2.36. The minimum Gasteiger partial charge on any atom is -0.341 e. The molecule has 4 aromatic rings. The number of pyridine rings is 1. The van der Waals surface area contributed by atoms with Crippen molar-refractivity contribution in [3.8, 4) is 5.82 Å². The number of carbonyl (C=O) groups excluding carboxylic acids is 2. The lowest BCUT2D eigenvalue weighted by Gasteiger charge is -2.33. The van der Waals surface area contributed by atoms with Gasteiger partial charge in [-0.3, -0.25) is 14.8 Å². The molecular formula is C28H33FN10O2. The number of carbonyl (C=O) groups is 2. The van der Waals surface area contributed by atoms with Crippen molar-refractivity contribution >= 4 is 23.6 Å². The number of urea groups is 1. The summed E-state index contributed by atoms with van der Waals surface area (Å²) in [6.45, 7) is 5.65. The first-order chi connectivity index (χ1) is 19.7. The zero-order valence-electron chi connectivity index (χ0n) is 23.4. The predicted octanol–water partition coefficient (Wildman–Crippen LogP) is 4.48. The van der Waals surface area contributed by atoms with Crippen LogP contribution in [0.4, 0.5) is 20.8 Å². The van der Waals surface area contributed by atoms with Crippen LogP contribution in [-0.4, -0.2) is 58.8 Å². The Morgan fingerprint density at radius 3 is 2.49 bits per heavy atom. The van der Waals surface area contributed by atoms with E-state index >= 15 is 0 Å². The summed E-state index contributed by atoms with van der Waals surface area (Å²) in [6.07, 6.45) is 6.59. The molecule has 0 spiro atoms. The largest absolute Gasteiger partial charge is 0.341 e. The lowest BCUT2D eigenvalue weighted by molar-refractivity contribution is -0.135. The number of imide groups is 1. The molecule has 0 saturated heterocycles. The zero-order valence-corrected chi connectivity index (χ0v) is 23.4. The number of nitrogens with one attached hydrogen (secondary N) is 3. The van der Waals surface area contributed by atoms with Crippen LogP contribution in [-0.2, 0) is 4.79 Å². The standard InChI is InChI=1S/C28H33FN10O2/c1-16-11-23(34-24-12-17(2)36-37-24)35-26(33-16)19-5-7-20(8-6-19)27(40)39(28(41)30-4)18(3)21-9-10-25(31-13-21)38-15-22(29)14-32-38/h9-15,18-20H,5-8H2,1-4H3,(H,30,41)(H2,33,34,35,36,37)/t18-,19-,20+/m0/s1. The number of halogens is 1. The Balaban J connectivity index is 1.26. The molecule has 0 aliphatic heterocycles. The summed E-state index contributed by atoms with van der Waals surface area (Å²) < 4.78 is 14.7. The predicted molar refractivity (Wildman–Crippen MR) is 149 cm³/mol. The SMILES string of the molecule is CNC(=O)N(C(=O)[C@H]1CC[C@@H](c2nc(C)cc(Nc3cc(C)[nH]n3)n2)CC1)[C@@H](C)c1ccc(-n2cc(F)cn2)nc1. The van der Waals surface area contributed by atoms with Gasteiger partial charge in [-0.25, -0.2) is 28.8 Å². The number of H-pyrrole nitrogens is 1. The minimum absolute atomic E-state index is 0.107. The van der Waals surface area contributed by atoms with E-state index in [-0.39, 0.29) is 17.7 Å². The first-order valence-electron chi connectivity index (χ1n) is 13.6. The molecule has 12 nitrogen and oxygen atoms in total. The molecule has 3 N–H and O–H groups in total. The second-order valence-electron chi connectivity index (χ2n) is 10.4.